The van der Waals surface area contributed by atoms with Crippen LogP contribution in [-0.4, -0.2) is 9.78 Å². The van der Waals surface area contributed by atoms with Gasteiger partial charge in [0.15, 0.2) is 0 Å². The minimum atomic E-state index is 0.407. The van der Waals surface area contributed by atoms with Gasteiger partial charge in [-0.05, 0) is 54.4 Å². The summed E-state index contributed by atoms with van der Waals surface area (Å²) in [4.78, 5) is 0. The van der Waals surface area contributed by atoms with Gasteiger partial charge in [0, 0.05) is 34.5 Å². The molecule has 2 aromatic rings. The first kappa shape index (κ1) is 13.1. The van der Waals surface area contributed by atoms with E-state index >= 15 is 0 Å². The zero-order valence-corrected chi connectivity index (χ0v) is 12.5. The molecule has 0 amide bonds. The zero-order chi connectivity index (χ0) is 13.1. The fourth-order valence-electron chi connectivity index (χ4n) is 1.71. The van der Waals surface area contributed by atoms with Gasteiger partial charge in [-0.2, -0.15) is 5.10 Å². The fraction of sp³-hybridized carbons (Fsp3) is 0.357. The van der Waals surface area contributed by atoms with Crippen molar-refractivity contribution in [1.29, 1.82) is 0 Å². The minimum Gasteiger partial charge on any atom is -0.380 e. The van der Waals surface area contributed by atoms with E-state index in [0.717, 1.165) is 16.7 Å². The second kappa shape index (κ2) is 5.57. The van der Waals surface area contributed by atoms with E-state index in [1.165, 1.54) is 11.1 Å². The van der Waals surface area contributed by atoms with Crippen LogP contribution in [0.4, 0.5) is 5.69 Å². The smallest absolute Gasteiger partial charge is 0.0539 e. The lowest BCUT2D eigenvalue weighted by Crippen LogP contribution is -2.01. The molecule has 0 atom stereocenters. The molecule has 1 heterocycles. The summed E-state index contributed by atoms with van der Waals surface area (Å²) >= 11 is 3.57. The van der Waals surface area contributed by atoms with Crippen LogP contribution in [-0.2, 0) is 6.54 Å². The topological polar surface area (TPSA) is 29.9 Å². The van der Waals surface area contributed by atoms with Crippen molar-refractivity contribution in [1.82, 2.24) is 9.78 Å². The maximum absolute atomic E-state index is 4.33. The first-order valence-electron chi connectivity index (χ1n) is 6.09. The molecule has 0 aliphatic carbocycles. The van der Waals surface area contributed by atoms with Gasteiger partial charge in [-0.3, -0.25) is 4.68 Å². The van der Waals surface area contributed by atoms with Crippen molar-refractivity contribution in [3.63, 3.8) is 0 Å². The Labute approximate surface area is 116 Å². The molecule has 4 heteroatoms. The molecule has 0 saturated heterocycles. The Morgan fingerprint density at radius 3 is 2.78 bits per heavy atom. The molecule has 1 aromatic heterocycles. The Balaban J connectivity index is 2.02. The summed E-state index contributed by atoms with van der Waals surface area (Å²) in [5.74, 6) is 0. The van der Waals surface area contributed by atoms with Crippen LogP contribution in [0.2, 0.25) is 0 Å². The van der Waals surface area contributed by atoms with E-state index < -0.39 is 0 Å². The molecule has 0 bridgehead atoms. The van der Waals surface area contributed by atoms with Crippen molar-refractivity contribution >= 4 is 21.6 Å². The number of benzene rings is 1. The SMILES string of the molecule is Cc1ccc(NCc2cnn(C(C)C)c2)c(Br)c1. The van der Waals surface area contributed by atoms with E-state index in [-0.39, 0.29) is 0 Å². The van der Waals surface area contributed by atoms with E-state index in [1.807, 2.05) is 10.9 Å². The average molecular weight is 308 g/mol. The molecule has 96 valence electrons. The molecule has 18 heavy (non-hydrogen) atoms. The van der Waals surface area contributed by atoms with Crippen LogP contribution in [0.3, 0.4) is 0 Å². The molecular formula is C14H18BrN3. The Kier molecular flexibility index (Phi) is 4.07. The maximum atomic E-state index is 4.33. The molecule has 0 spiro atoms. The van der Waals surface area contributed by atoms with Gasteiger partial charge in [-0.15, -0.1) is 0 Å². The van der Waals surface area contributed by atoms with Gasteiger partial charge in [-0.25, -0.2) is 0 Å². The second-order valence-electron chi connectivity index (χ2n) is 4.76. The summed E-state index contributed by atoms with van der Waals surface area (Å²) in [6.45, 7) is 7.12. The zero-order valence-electron chi connectivity index (χ0n) is 10.9. The van der Waals surface area contributed by atoms with Crippen LogP contribution in [0, 0.1) is 6.92 Å². The quantitative estimate of drug-likeness (QED) is 0.919. The highest BCUT2D eigenvalue weighted by atomic mass is 79.9. The first-order valence-corrected chi connectivity index (χ1v) is 6.88. The van der Waals surface area contributed by atoms with Gasteiger partial charge < -0.3 is 5.32 Å². The predicted molar refractivity (Wildman–Crippen MR) is 78.8 cm³/mol. The Morgan fingerprint density at radius 2 is 2.17 bits per heavy atom. The molecule has 0 radical (unpaired) electrons. The summed E-state index contributed by atoms with van der Waals surface area (Å²) in [6.07, 6.45) is 3.99. The second-order valence-corrected chi connectivity index (χ2v) is 5.61. The number of rotatable bonds is 4. The highest BCUT2D eigenvalue weighted by Gasteiger charge is 2.03. The molecule has 0 aliphatic heterocycles. The summed E-state index contributed by atoms with van der Waals surface area (Å²) < 4.78 is 3.07. The number of aryl methyl sites for hydroxylation is 1. The number of nitrogens with one attached hydrogen (secondary N) is 1. The highest BCUT2D eigenvalue weighted by Crippen LogP contribution is 2.23. The standard InChI is InChI=1S/C14H18BrN3/c1-10(2)18-9-12(8-17-18)7-16-14-5-4-11(3)6-13(14)15/h4-6,8-10,16H,7H2,1-3H3. The van der Waals surface area contributed by atoms with Crippen molar-refractivity contribution in [2.75, 3.05) is 5.32 Å². The van der Waals surface area contributed by atoms with E-state index in [4.69, 9.17) is 0 Å². The summed E-state index contributed by atoms with van der Waals surface area (Å²) in [7, 11) is 0. The third-order valence-electron chi connectivity index (χ3n) is 2.79. The maximum Gasteiger partial charge on any atom is 0.0539 e. The monoisotopic (exact) mass is 307 g/mol. The number of aromatic nitrogens is 2. The molecule has 3 nitrogen and oxygen atoms in total. The molecule has 0 unspecified atom stereocenters. The van der Waals surface area contributed by atoms with Crippen molar-refractivity contribution in [2.45, 2.75) is 33.4 Å². The number of nitrogens with zero attached hydrogens (tertiary/aromatic N) is 2. The molecule has 0 fully saturated rings. The van der Waals surface area contributed by atoms with Crippen molar-refractivity contribution in [3.8, 4) is 0 Å². The average Bonchev–Trinajstić information content (AvgIpc) is 2.76. The van der Waals surface area contributed by atoms with E-state index in [2.05, 4.69) is 71.5 Å². The Hall–Kier alpha value is -1.29. The number of halogens is 1. The molecule has 1 N–H and O–H groups in total. The largest absolute Gasteiger partial charge is 0.380 e. The minimum absolute atomic E-state index is 0.407. The van der Waals surface area contributed by atoms with E-state index in [9.17, 15) is 0 Å². The van der Waals surface area contributed by atoms with Crippen LogP contribution >= 0.6 is 15.9 Å². The molecule has 0 aliphatic rings. The number of hydrogen-bond acceptors (Lipinski definition) is 2. The normalized spacial score (nSPS) is 10.9. The summed E-state index contributed by atoms with van der Waals surface area (Å²) in [6, 6.07) is 6.71. The van der Waals surface area contributed by atoms with Gasteiger partial charge in [0.25, 0.3) is 0 Å². The van der Waals surface area contributed by atoms with Crippen molar-refractivity contribution < 1.29 is 0 Å². The molecule has 1 aromatic carbocycles. The molecular weight excluding hydrogens is 290 g/mol. The Morgan fingerprint density at radius 1 is 1.39 bits per heavy atom. The van der Waals surface area contributed by atoms with Gasteiger partial charge in [0.1, 0.15) is 0 Å². The Bertz CT molecular complexity index is 532. The van der Waals surface area contributed by atoms with E-state index in [1.54, 1.807) is 0 Å². The third-order valence-corrected chi connectivity index (χ3v) is 3.45. The third kappa shape index (κ3) is 3.13. The van der Waals surface area contributed by atoms with Gasteiger partial charge in [-0.1, -0.05) is 6.07 Å². The van der Waals surface area contributed by atoms with Gasteiger partial charge in [0.2, 0.25) is 0 Å². The summed E-state index contributed by atoms with van der Waals surface area (Å²) in [5.41, 5.74) is 3.55. The molecule has 0 saturated carbocycles. The fourth-order valence-corrected chi connectivity index (χ4v) is 2.35. The van der Waals surface area contributed by atoms with Gasteiger partial charge in [0.05, 0.1) is 6.20 Å². The molecule has 2 rings (SSSR count). The van der Waals surface area contributed by atoms with Crippen molar-refractivity contribution in [2.24, 2.45) is 0 Å². The lowest BCUT2D eigenvalue weighted by Gasteiger charge is -2.08. The van der Waals surface area contributed by atoms with Crippen LogP contribution < -0.4 is 5.32 Å². The van der Waals surface area contributed by atoms with Crippen LogP contribution in [0.1, 0.15) is 31.0 Å². The van der Waals surface area contributed by atoms with Crippen LogP contribution in [0.5, 0.6) is 0 Å². The summed E-state index contributed by atoms with van der Waals surface area (Å²) in [5, 5.41) is 7.74. The number of anilines is 1. The predicted octanol–water partition coefficient (Wildman–Crippen LogP) is 4.15. The van der Waals surface area contributed by atoms with Crippen LogP contribution in [0.25, 0.3) is 0 Å². The number of hydrogen-bond donors (Lipinski definition) is 1. The lowest BCUT2D eigenvalue weighted by molar-refractivity contribution is 0.532. The highest BCUT2D eigenvalue weighted by molar-refractivity contribution is 9.10. The van der Waals surface area contributed by atoms with Crippen LogP contribution in [0.15, 0.2) is 35.1 Å². The van der Waals surface area contributed by atoms with Crippen molar-refractivity contribution in [3.05, 3.63) is 46.2 Å². The van der Waals surface area contributed by atoms with E-state index in [0.29, 0.717) is 6.04 Å². The first-order chi connectivity index (χ1) is 8.56. The lowest BCUT2D eigenvalue weighted by atomic mass is 10.2. The van der Waals surface area contributed by atoms with Gasteiger partial charge >= 0.3 is 0 Å².